The molecule has 26 heavy (non-hydrogen) atoms. The van der Waals surface area contributed by atoms with Crippen LogP contribution in [0.1, 0.15) is 18.9 Å². The van der Waals surface area contributed by atoms with Gasteiger partial charge in [-0.1, -0.05) is 6.92 Å². The molecule has 0 bridgehead atoms. The van der Waals surface area contributed by atoms with Crippen LogP contribution in [0.2, 0.25) is 0 Å². The predicted molar refractivity (Wildman–Crippen MR) is 84.5 cm³/mol. The fraction of sp³-hybridized carbons (Fsp3) is 0.562. The standard InChI is InChI=1S/C16H20F3N3O4/c1-10-4-12(14(23)24)8-22(7-10)15(25)21-5-11-2-3-20-6-13(11)26-9-16(17,18)19/h2-3,6,10,12H,4-5,7-9H2,1H3,(H,21,25)(H,23,24). The number of alkyl halides is 3. The van der Waals surface area contributed by atoms with Crippen molar-refractivity contribution in [3.05, 3.63) is 24.0 Å². The van der Waals surface area contributed by atoms with Crippen molar-refractivity contribution in [2.75, 3.05) is 19.7 Å². The van der Waals surface area contributed by atoms with E-state index in [1.165, 1.54) is 17.2 Å². The van der Waals surface area contributed by atoms with Crippen LogP contribution in [0.25, 0.3) is 0 Å². The summed E-state index contributed by atoms with van der Waals surface area (Å²) in [5, 5.41) is 11.7. The Labute approximate surface area is 148 Å². The van der Waals surface area contributed by atoms with Gasteiger partial charge in [-0.15, -0.1) is 0 Å². The Bertz CT molecular complexity index is 654. The van der Waals surface area contributed by atoms with Crippen LogP contribution < -0.4 is 10.1 Å². The number of nitrogens with zero attached hydrogens (tertiary/aromatic N) is 2. The minimum Gasteiger partial charge on any atom is -0.482 e. The van der Waals surface area contributed by atoms with E-state index in [-0.39, 0.29) is 24.8 Å². The second-order valence-corrected chi connectivity index (χ2v) is 6.33. The lowest BCUT2D eigenvalue weighted by atomic mass is 9.91. The summed E-state index contributed by atoms with van der Waals surface area (Å²) in [4.78, 5) is 28.6. The van der Waals surface area contributed by atoms with Gasteiger partial charge in [0.2, 0.25) is 0 Å². The molecule has 2 rings (SSSR count). The Morgan fingerprint density at radius 1 is 1.42 bits per heavy atom. The highest BCUT2D eigenvalue weighted by Crippen LogP contribution is 2.23. The fourth-order valence-corrected chi connectivity index (χ4v) is 2.82. The van der Waals surface area contributed by atoms with E-state index >= 15 is 0 Å². The van der Waals surface area contributed by atoms with Crippen molar-refractivity contribution in [1.29, 1.82) is 0 Å². The van der Waals surface area contributed by atoms with E-state index in [9.17, 15) is 22.8 Å². The van der Waals surface area contributed by atoms with Gasteiger partial charge in [0.25, 0.3) is 0 Å². The molecule has 1 fully saturated rings. The number of ether oxygens (including phenoxy) is 1. The van der Waals surface area contributed by atoms with Crippen LogP contribution in [0.15, 0.2) is 18.5 Å². The van der Waals surface area contributed by atoms with Crippen molar-refractivity contribution in [1.82, 2.24) is 15.2 Å². The summed E-state index contributed by atoms with van der Waals surface area (Å²) < 4.78 is 41.6. The number of amides is 2. The lowest BCUT2D eigenvalue weighted by Gasteiger charge is -2.34. The molecule has 10 heteroatoms. The lowest BCUT2D eigenvalue weighted by molar-refractivity contribution is -0.153. The smallest absolute Gasteiger partial charge is 0.422 e. The van der Waals surface area contributed by atoms with Crippen LogP contribution in [0, 0.1) is 11.8 Å². The van der Waals surface area contributed by atoms with Crippen LogP contribution in [0.5, 0.6) is 5.75 Å². The second-order valence-electron chi connectivity index (χ2n) is 6.33. The number of rotatable bonds is 5. The highest BCUT2D eigenvalue weighted by Gasteiger charge is 2.32. The predicted octanol–water partition coefficient (Wildman–Crippen LogP) is 2.27. The quantitative estimate of drug-likeness (QED) is 0.824. The molecule has 1 aromatic rings. The third kappa shape index (κ3) is 5.78. The molecule has 144 valence electrons. The number of piperidine rings is 1. The summed E-state index contributed by atoms with van der Waals surface area (Å²) >= 11 is 0. The number of aromatic nitrogens is 1. The van der Waals surface area contributed by atoms with Gasteiger partial charge in [-0.2, -0.15) is 13.2 Å². The summed E-state index contributed by atoms with van der Waals surface area (Å²) in [5.41, 5.74) is 0.345. The third-order valence-corrected chi connectivity index (χ3v) is 3.99. The van der Waals surface area contributed by atoms with Gasteiger partial charge < -0.3 is 20.1 Å². The molecule has 0 spiro atoms. The minimum absolute atomic E-state index is 0.0437. The molecule has 0 aromatic carbocycles. The number of nitrogens with one attached hydrogen (secondary N) is 1. The summed E-state index contributed by atoms with van der Waals surface area (Å²) in [6, 6.07) is 0.978. The molecule has 2 unspecified atom stereocenters. The first-order chi connectivity index (χ1) is 12.2. The molecule has 7 nitrogen and oxygen atoms in total. The SMILES string of the molecule is CC1CC(C(=O)O)CN(C(=O)NCc2ccncc2OCC(F)(F)F)C1. The number of aliphatic carboxylic acids is 1. The monoisotopic (exact) mass is 375 g/mol. The number of carboxylic acid groups (broad SMARTS) is 1. The van der Waals surface area contributed by atoms with Crippen LogP contribution in [-0.4, -0.2) is 52.9 Å². The summed E-state index contributed by atoms with van der Waals surface area (Å²) in [6.45, 7) is 0.866. The van der Waals surface area contributed by atoms with E-state index in [1.807, 2.05) is 6.92 Å². The molecule has 1 aliphatic heterocycles. The first-order valence-electron chi connectivity index (χ1n) is 8.03. The molecular weight excluding hydrogens is 355 g/mol. The molecule has 2 amide bonds. The first kappa shape index (κ1) is 19.8. The Hall–Kier alpha value is -2.52. The highest BCUT2D eigenvalue weighted by molar-refractivity contribution is 5.76. The zero-order chi connectivity index (χ0) is 19.3. The highest BCUT2D eigenvalue weighted by atomic mass is 19.4. The zero-order valence-corrected chi connectivity index (χ0v) is 14.1. The number of likely N-dealkylation sites (tertiary alicyclic amines) is 1. The van der Waals surface area contributed by atoms with Gasteiger partial charge in [0, 0.05) is 31.4 Å². The molecule has 2 N–H and O–H groups in total. The third-order valence-electron chi connectivity index (χ3n) is 3.99. The van der Waals surface area contributed by atoms with Crippen LogP contribution in [-0.2, 0) is 11.3 Å². The maximum atomic E-state index is 12.3. The Kier molecular flexibility index (Phi) is 6.27. The van der Waals surface area contributed by atoms with E-state index in [0.29, 0.717) is 18.5 Å². The van der Waals surface area contributed by atoms with Gasteiger partial charge >= 0.3 is 18.2 Å². The number of carbonyl (C=O) groups is 2. The van der Waals surface area contributed by atoms with Gasteiger partial charge in [-0.3, -0.25) is 9.78 Å². The maximum absolute atomic E-state index is 12.3. The van der Waals surface area contributed by atoms with Crippen molar-refractivity contribution < 1.29 is 32.6 Å². The van der Waals surface area contributed by atoms with Crippen LogP contribution in [0.4, 0.5) is 18.0 Å². The van der Waals surface area contributed by atoms with Crippen molar-refractivity contribution in [2.45, 2.75) is 26.1 Å². The number of urea groups is 1. The summed E-state index contributed by atoms with van der Waals surface area (Å²) in [5.74, 6) is -1.61. The number of pyridine rings is 1. The first-order valence-corrected chi connectivity index (χ1v) is 8.03. The molecule has 0 aliphatic carbocycles. The average Bonchev–Trinajstić information content (AvgIpc) is 2.57. The molecule has 1 saturated heterocycles. The van der Waals surface area contributed by atoms with E-state index in [1.54, 1.807) is 0 Å². The molecular formula is C16H20F3N3O4. The van der Waals surface area contributed by atoms with Gasteiger partial charge in [0.15, 0.2) is 6.61 Å². The molecule has 1 aromatic heterocycles. The van der Waals surface area contributed by atoms with Crippen molar-refractivity contribution in [2.24, 2.45) is 11.8 Å². The van der Waals surface area contributed by atoms with Crippen molar-refractivity contribution in [3.63, 3.8) is 0 Å². The molecule has 2 heterocycles. The number of halogens is 3. The number of hydrogen-bond donors (Lipinski definition) is 2. The second kappa shape index (κ2) is 8.24. The largest absolute Gasteiger partial charge is 0.482 e. The molecule has 0 saturated carbocycles. The van der Waals surface area contributed by atoms with E-state index in [4.69, 9.17) is 9.84 Å². The summed E-state index contributed by atoms with van der Waals surface area (Å²) in [7, 11) is 0. The normalized spacial score (nSPS) is 20.5. The molecule has 2 atom stereocenters. The number of carboxylic acids is 1. The Balaban J connectivity index is 1.96. The zero-order valence-electron chi connectivity index (χ0n) is 14.1. The molecule has 1 aliphatic rings. The number of hydrogen-bond acceptors (Lipinski definition) is 4. The lowest BCUT2D eigenvalue weighted by Crippen LogP contribution is -2.49. The topological polar surface area (TPSA) is 91.8 Å². The van der Waals surface area contributed by atoms with E-state index in [2.05, 4.69) is 10.3 Å². The maximum Gasteiger partial charge on any atom is 0.422 e. The van der Waals surface area contributed by atoms with Crippen molar-refractivity contribution >= 4 is 12.0 Å². The summed E-state index contributed by atoms with van der Waals surface area (Å²) in [6.07, 6.45) is -1.45. The van der Waals surface area contributed by atoms with E-state index in [0.717, 1.165) is 6.20 Å². The Morgan fingerprint density at radius 3 is 2.81 bits per heavy atom. The number of carbonyl (C=O) groups excluding carboxylic acids is 1. The van der Waals surface area contributed by atoms with E-state index < -0.39 is 30.7 Å². The van der Waals surface area contributed by atoms with Crippen molar-refractivity contribution in [3.8, 4) is 5.75 Å². The van der Waals surface area contributed by atoms with Crippen LogP contribution in [0.3, 0.4) is 0 Å². The molecule has 0 radical (unpaired) electrons. The van der Waals surface area contributed by atoms with Crippen LogP contribution >= 0.6 is 0 Å². The fourth-order valence-electron chi connectivity index (χ4n) is 2.82. The van der Waals surface area contributed by atoms with Gasteiger partial charge in [-0.25, -0.2) is 4.79 Å². The van der Waals surface area contributed by atoms with Gasteiger partial charge in [-0.05, 0) is 18.4 Å². The Morgan fingerprint density at radius 2 is 2.15 bits per heavy atom. The van der Waals surface area contributed by atoms with Gasteiger partial charge in [0.1, 0.15) is 5.75 Å². The average molecular weight is 375 g/mol. The minimum atomic E-state index is -4.48. The van der Waals surface area contributed by atoms with Gasteiger partial charge in [0.05, 0.1) is 12.1 Å².